The zero-order valence-corrected chi connectivity index (χ0v) is 13.4. The standard InChI is InChI=1S/C15H22N4O2.ClH/c16-7-12(20)17-8-13-18-14(19-21-13)15-4-9-1-10(5-15)3-11(2-9)6-15;/h9-11H,1-8,16H2,(H,17,20);1H. The number of carbonyl (C=O) groups is 1. The molecule has 0 atom stereocenters. The van der Waals surface area contributed by atoms with Gasteiger partial charge in [0.25, 0.3) is 0 Å². The summed E-state index contributed by atoms with van der Waals surface area (Å²) >= 11 is 0. The van der Waals surface area contributed by atoms with Gasteiger partial charge in [0.15, 0.2) is 5.82 Å². The van der Waals surface area contributed by atoms with Gasteiger partial charge in [0.1, 0.15) is 0 Å². The molecule has 1 amide bonds. The van der Waals surface area contributed by atoms with E-state index in [2.05, 4.69) is 15.5 Å². The first-order valence-corrected chi connectivity index (χ1v) is 7.97. The average molecular weight is 327 g/mol. The summed E-state index contributed by atoms with van der Waals surface area (Å²) in [5.74, 6) is 3.73. The van der Waals surface area contributed by atoms with E-state index >= 15 is 0 Å². The molecule has 1 aromatic rings. The number of hydrogen-bond donors (Lipinski definition) is 2. The van der Waals surface area contributed by atoms with Crippen molar-refractivity contribution in [3.63, 3.8) is 0 Å². The Morgan fingerprint density at radius 2 is 1.82 bits per heavy atom. The first-order chi connectivity index (χ1) is 10.2. The lowest BCUT2D eigenvalue weighted by molar-refractivity contribution is -0.120. The van der Waals surface area contributed by atoms with Crippen LogP contribution < -0.4 is 11.1 Å². The highest BCUT2D eigenvalue weighted by atomic mass is 35.5. The molecule has 0 aliphatic heterocycles. The van der Waals surface area contributed by atoms with Crippen molar-refractivity contribution in [1.29, 1.82) is 0 Å². The van der Waals surface area contributed by atoms with E-state index in [4.69, 9.17) is 10.3 Å². The summed E-state index contributed by atoms with van der Waals surface area (Å²) in [7, 11) is 0. The summed E-state index contributed by atoms with van der Waals surface area (Å²) in [6.07, 6.45) is 7.84. The molecule has 0 radical (unpaired) electrons. The van der Waals surface area contributed by atoms with Gasteiger partial charge in [-0.25, -0.2) is 0 Å². The number of rotatable bonds is 4. The molecule has 22 heavy (non-hydrogen) atoms. The normalized spacial score (nSPS) is 35.2. The van der Waals surface area contributed by atoms with Crippen LogP contribution in [0.2, 0.25) is 0 Å². The van der Waals surface area contributed by atoms with Gasteiger partial charge in [0.2, 0.25) is 11.8 Å². The molecule has 6 nitrogen and oxygen atoms in total. The van der Waals surface area contributed by atoms with Gasteiger partial charge in [0, 0.05) is 5.41 Å². The monoisotopic (exact) mass is 326 g/mol. The van der Waals surface area contributed by atoms with Gasteiger partial charge >= 0.3 is 0 Å². The van der Waals surface area contributed by atoms with E-state index < -0.39 is 0 Å². The van der Waals surface area contributed by atoms with E-state index in [-0.39, 0.29) is 36.8 Å². The fourth-order valence-corrected chi connectivity index (χ4v) is 5.17. The second kappa shape index (κ2) is 5.81. The molecule has 3 N–H and O–H groups in total. The van der Waals surface area contributed by atoms with Crippen molar-refractivity contribution in [2.75, 3.05) is 6.54 Å². The van der Waals surface area contributed by atoms with Crippen molar-refractivity contribution in [3.8, 4) is 0 Å². The van der Waals surface area contributed by atoms with Gasteiger partial charge < -0.3 is 15.6 Å². The first kappa shape index (κ1) is 15.7. The molecule has 5 rings (SSSR count). The van der Waals surface area contributed by atoms with Gasteiger partial charge in [-0.15, -0.1) is 12.4 Å². The van der Waals surface area contributed by atoms with E-state index in [1.807, 2.05) is 0 Å². The smallest absolute Gasteiger partial charge is 0.246 e. The van der Waals surface area contributed by atoms with Crippen molar-refractivity contribution >= 4 is 18.3 Å². The summed E-state index contributed by atoms with van der Waals surface area (Å²) in [4.78, 5) is 15.8. The van der Waals surface area contributed by atoms with Crippen molar-refractivity contribution in [2.45, 2.75) is 50.5 Å². The third-order valence-electron chi connectivity index (χ3n) is 5.60. The molecule has 122 valence electrons. The Hall–Kier alpha value is -1.14. The van der Waals surface area contributed by atoms with Crippen LogP contribution in [0.3, 0.4) is 0 Å². The maximum atomic E-state index is 11.2. The lowest BCUT2D eigenvalue weighted by Crippen LogP contribution is -2.49. The first-order valence-electron chi connectivity index (χ1n) is 7.97. The number of hydrogen-bond acceptors (Lipinski definition) is 5. The molecule has 4 fully saturated rings. The molecule has 1 aromatic heterocycles. The van der Waals surface area contributed by atoms with Crippen molar-refractivity contribution in [1.82, 2.24) is 15.5 Å². The molecule has 4 bridgehead atoms. The van der Waals surface area contributed by atoms with Crippen molar-refractivity contribution in [3.05, 3.63) is 11.7 Å². The predicted octanol–water partition coefficient (Wildman–Crippen LogP) is 1.53. The number of carbonyl (C=O) groups excluding carboxylic acids is 1. The van der Waals surface area contributed by atoms with Crippen LogP contribution in [0.15, 0.2) is 4.52 Å². The maximum absolute atomic E-state index is 11.2. The lowest BCUT2D eigenvalue weighted by atomic mass is 9.49. The summed E-state index contributed by atoms with van der Waals surface area (Å²) in [6, 6.07) is 0. The highest BCUT2D eigenvalue weighted by molar-refractivity contribution is 5.85. The minimum absolute atomic E-state index is 0. The summed E-state index contributed by atoms with van der Waals surface area (Å²) in [5, 5.41) is 6.92. The van der Waals surface area contributed by atoms with E-state index in [9.17, 15) is 4.79 Å². The second-order valence-electron chi connectivity index (χ2n) is 7.19. The molecular formula is C15H23ClN4O2. The average Bonchev–Trinajstić information content (AvgIpc) is 2.93. The molecule has 4 aliphatic carbocycles. The molecule has 4 saturated carbocycles. The summed E-state index contributed by atoms with van der Waals surface area (Å²) in [5.41, 5.74) is 5.41. The van der Waals surface area contributed by atoms with Crippen LogP contribution in [0.4, 0.5) is 0 Å². The van der Waals surface area contributed by atoms with Crippen LogP contribution in [0.1, 0.15) is 50.2 Å². The van der Waals surface area contributed by atoms with Crippen LogP contribution >= 0.6 is 12.4 Å². The van der Waals surface area contributed by atoms with Crippen LogP contribution in [-0.4, -0.2) is 22.6 Å². The third kappa shape index (κ3) is 2.63. The van der Waals surface area contributed by atoms with E-state index in [1.54, 1.807) is 0 Å². The predicted molar refractivity (Wildman–Crippen MR) is 82.3 cm³/mol. The molecule has 1 heterocycles. The Morgan fingerprint density at radius 3 is 2.36 bits per heavy atom. The number of amides is 1. The van der Waals surface area contributed by atoms with Crippen LogP contribution in [0, 0.1) is 17.8 Å². The molecule has 4 aliphatic rings. The van der Waals surface area contributed by atoms with Gasteiger partial charge in [-0.2, -0.15) is 4.98 Å². The zero-order valence-electron chi connectivity index (χ0n) is 12.6. The van der Waals surface area contributed by atoms with Crippen LogP contribution in [0.25, 0.3) is 0 Å². The Bertz CT molecular complexity index is 524. The second-order valence-corrected chi connectivity index (χ2v) is 7.19. The summed E-state index contributed by atoms with van der Waals surface area (Å²) in [6.45, 7) is 0.255. The molecule has 0 saturated heterocycles. The molecule has 0 spiro atoms. The molecule has 7 heteroatoms. The van der Waals surface area contributed by atoms with Gasteiger partial charge in [-0.3, -0.25) is 4.79 Å². The molecular weight excluding hydrogens is 304 g/mol. The topological polar surface area (TPSA) is 94.0 Å². The van der Waals surface area contributed by atoms with Gasteiger partial charge in [0.05, 0.1) is 13.1 Å². The fraction of sp³-hybridized carbons (Fsp3) is 0.800. The third-order valence-corrected chi connectivity index (χ3v) is 5.60. The maximum Gasteiger partial charge on any atom is 0.246 e. The number of nitrogens with zero attached hydrogens (tertiary/aromatic N) is 2. The molecule has 0 unspecified atom stereocenters. The number of nitrogens with one attached hydrogen (secondary N) is 1. The summed E-state index contributed by atoms with van der Waals surface area (Å²) < 4.78 is 5.33. The number of nitrogens with two attached hydrogens (primary N) is 1. The Morgan fingerprint density at radius 1 is 1.23 bits per heavy atom. The van der Waals surface area contributed by atoms with Crippen LogP contribution in [0.5, 0.6) is 0 Å². The zero-order chi connectivity index (χ0) is 14.4. The Labute approximate surface area is 136 Å². The highest BCUT2D eigenvalue weighted by Gasteiger charge is 2.53. The van der Waals surface area contributed by atoms with Gasteiger partial charge in [-0.1, -0.05) is 5.16 Å². The lowest BCUT2D eigenvalue weighted by Gasteiger charge is -2.55. The van der Waals surface area contributed by atoms with E-state index in [1.165, 1.54) is 38.5 Å². The SMILES string of the molecule is Cl.NCC(=O)NCc1nc(C23CC4CC(CC(C4)C2)C3)no1. The quantitative estimate of drug-likeness (QED) is 0.875. The minimum atomic E-state index is -0.204. The van der Waals surface area contributed by atoms with E-state index in [0.717, 1.165) is 23.6 Å². The Kier molecular flexibility index (Phi) is 4.16. The number of halogens is 1. The number of aromatic nitrogens is 2. The highest BCUT2D eigenvalue weighted by Crippen LogP contribution is 2.60. The van der Waals surface area contributed by atoms with Crippen molar-refractivity contribution < 1.29 is 9.32 Å². The fourth-order valence-electron chi connectivity index (χ4n) is 5.17. The largest absolute Gasteiger partial charge is 0.346 e. The van der Waals surface area contributed by atoms with Gasteiger partial charge in [-0.05, 0) is 56.3 Å². The van der Waals surface area contributed by atoms with Crippen molar-refractivity contribution in [2.24, 2.45) is 23.5 Å². The van der Waals surface area contributed by atoms with E-state index in [0.29, 0.717) is 5.89 Å². The molecule has 0 aromatic carbocycles. The minimum Gasteiger partial charge on any atom is -0.346 e. The van der Waals surface area contributed by atoms with Crippen LogP contribution in [-0.2, 0) is 16.8 Å². The Balaban J connectivity index is 0.00000144.